The minimum absolute atomic E-state index is 0. The number of fused-ring (bicyclic) bond motifs is 7. The molecular formula is C52H72IO3P. The van der Waals surface area contributed by atoms with Crippen LogP contribution in [0.5, 0.6) is 0 Å². The van der Waals surface area contributed by atoms with Crippen molar-refractivity contribution in [3.05, 3.63) is 91.0 Å². The molecule has 0 aliphatic heterocycles. The monoisotopic (exact) mass is 902 g/mol. The fraction of sp³-hybridized carbons (Fsp3) is 0.635. The van der Waals surface area contributed by atoms with Gasteiger partial charge in [0.1, 0.15) is 23.2 Å². The molecule has 11 atom stereocenters. The number of hydrogen-bond donors (Lipinski definition) is 1. The van der Waals surface area contributed by atoms with Crippen LogP contribution in [0.25, 0.3) is 0 Å². The number of halogens is 1. The molecule has 5 aliphatic carbocycles. The molecule has 0 radical (unpaired) electrons. The number of methoxy groups -OCH3 is 1. The molecule has 5 heteroatoms. The molecule has 3 nitrogen and oxygen atoms in total. The lowest BCUT2D eigenvalue weighted by Gasteiger charge is -2.73. The lowest BCUT2D eigenvalue weighted by atomic mass is 9.31. The standard InChI is InChI=1S/C52H72O3P.HI/c1-36(2)41-28-31-52(47(54)55-8)33-32-50(6)42(45(41)52)26-27-44-49(5)35-37(46(53)48(3,4)43(49)29-30-51(44,50)7)19-18-34-56(38-20-12-9-13-21-38,39-22-14-10-15-23-39)40-24-16-11-17-25-40;/h9-17,20-25,36-37,41-46,53H,18-19,26-35H2,1-8H3;1H/q+1;/p-1/t37-,41-,42?,43?,44?,45?,46-,49-,50+,51+,52-;/m0./s1. The predicted molar refractivity (Wildman–Crippen MR) is 235 cm³/mol. The van der Waals surface area contributed by atoms with Crippen molar-refractivity contribution < 1.29 is 38.6 Å². The van der Waals surface area contributed by atoms with E-state index in [1.54, 1.807) is 7.11 Å². The van der Waals surface area contributed by atoms with Crippen LogP contribution in [0.4, 0.5) is 0 Å². The van der Waals surface area contributed by atoms with Crippen LogP contribution in [0, 0.1) is 68.5 Å². The summed E-state index contributed by atoms with van der Waals surface area (Å²) in [5.41, 5.74) is 0.151. The molecule has 0 aromatic heterocycles. The topological polar surface area (TPSA) is 46.5 Å². The molecule has 0 bridgehead atoms. The van der Waals surface area contributed by atoms with E-state index in [9.17, 15) is 9.90 Å². The minimum Gasteiger partial charge on any atom is -1.00 e. The van der Waals surface area contributed by atoms with Gasteiger partial charge in [-0.05, 0) is 170 Å². The third-order valence-electron chi connectivity index (χ3n) is 18.7. The van der Waals surface area contributed by atoms with Crippen molar-refractivity contribution >= 4 is 29.1 Å². The number of carbonyl (C=O) groups is 1. The lowest BCUT2D eigenvalue weighted by molar-refractivity contribution is -0.258. The van der Waals surface area contributed by atoms with E-state index in [0.29, 0.717) is 35.5 Å². The fourth-order valence-corrected chi connectivity index (χ4v) is 20.4. The summed E-state index contributed by atoms with van der Waals surface area (Å²) in [4.78, 5) is 13.8. The molecule has 310 valence electrons. The zero-order chi connectivity index (χ0) is 39.7. The van der Waals surface area contributed by atoms with E-state index in [1.807, 2.05) is 0 Å². The first-order chi connectivity index (χ1) is 26.7. The second-order valence-electron chi connectivity index (χ2n) is 21.2. The van der Waals surface area contributed by atoms with E-state index in [2.05, 4.69) is 139 Å². The van der Waals surface area contributed by atoms with Gasteiger partial charge in [0.15, 0.2) is 0 Å². The predicted octanol–water partition coefficient (Wildman–Crippen LogP) is 8.26. The van der Waals surface area contributed by atoms with Crippen molar-refractivity contribution in [1.29, 1.82) is 0 Å². The number of hydrogen-bond acceptors (Lipinski definition) is 3. The Bertz CT molecular complexity index is 1750. The summed E-state index contributed by atoms with van der Waals surface area (Å²) in [5, 5.41) is 16.8. The van der Waals surface area contributed by atoms with Gasteiger partial charge in [-0.3, -0.25) is 4.79 Å². The number of aliphatic hydroxyl groups excluding tert-OH is 1. The van der Waals surface area contributed by atoms with Crippen molar-refractivity contribution in [1.82, 2.24) is 0 Å². The molecule has 0 spiro atoms. The Morgan fingerprint density at radius 2 is 1.30 bits per heavy atom. The van der Waals surface area contributed by atoms with E-state index >= 15 is 0 Å². The van der Waals surface area contributed by atoms with Gasteiger partial charge in [0.2, 0.25) is 0 Å². The second kappa shape index (κ2) is 15.9. The largest absolute Gasteiger partial charge is 1.00 e. The van der Waals surface area contributed by atoms with E-state index in [1.165, 1.54) is 48.0 Å². The highest BCUT2D eigenvalue weighted by Gasteiger charge is 2.72. The highest BCUT2D eigenvalue weighted by molar-refractivity contribution is 7.95. The average Bonchev–Trinajstić information content (AvgIpc) is 3.61. The quantitative estimate of drug-likeness (QED) is 0.134. The molecule has 5 saturated carbocycles. The van der Waals surface area contributed by atoms with Crippen LogP contribution in [-0.4, -0.2) is 30.5 Å². The summed E-state index contributed by atoms with van der Waals surface area (Å²) < 4.78 is 5.67. The van der Waals surface area contributed by atoms with Gasteiger partial charge >= 0.3 is 5.97 Å². The summed E-state index contributed by atoms with van der Waals surface area (Å²) in [6.45, 7) is 17.7. The van der Waals surface area contributed by atoms with E-state index in [0.717, 1.165) is 44.7 Å². The highest BCUT2D eigenvalue weighted by Crippen LogP contribution is 2.78. The van der Waals surface area contributed by atoms with Gasteiger partial charge in [0.25, 0.3) is 0 Å². The normalized spacial score (nSPS) is 38.2. The van der Waals surface area contributed by atoms with Crippen LogP contribution in [0.3, 0.4) is 0 Å². The van der Waals surface area contributed by atoms with Crippen LogP contribution >= 0.6 is 7.26 Å². The maximum atomic E-state index is 13.8. The summed E-state index contributed by atoms with van der Waals surface area (Å²) in [5.74, 6) is 3.67. The Balaban J connectivity index is 0.00000496. The molecule has 8 rings (SSSR count). The Labute approximate surface area is 363 Å². The maximum Gasteiger partial charge on any atom is 0.312 e. The van der Waals surface area contributed by atoms with Crippen LogP contribution in [0.1, 0.15) is 119 Å². The Morgan fingerprint density at radius 3 is 1.82 bits per heavy atom. The van der Waals surface area contributed by atoms with Gasteiger partial charge < -0.3 is 33.8 Å². The molecule has 0 amide bonds. The molecule has 3 aromatic rings. The maximum absolute atomic E-state index is 13.8. The van der Waals surface area contributed by atoms with Crippen LogP contribution in [-0.2, 0) is 9.53 Å². The molecule has 0 heterocycles. The van der Waals surface area contributed by atoms with Crippen molar-refractivity contribution in [3.63, 3.8) is 0 Å². The third kappa shape index (κ3) is 6.47. The van der Waals surface area contributed by atoms with Crippen molar-refractivity contribution in [2.75, 3.05) is 13.3 Å². The molecular weight excluding hydrogens is 830 g/mol. The summed E-state index contributed by atoms with van der Waals surface area (Å²) >= 11 is 0. The Kier molecular flexibility index (Phi) is 12.1. The Morgan fingerprint density at radius 1 is 0.737 bits per heavy atom. The smallest absolute Gasteiger partial charge is 0.312 e. The number of aliphatic hydroxyl groups is 1. The Hall–Kier alpha value is -1.75. The first kappa shape index (κ1) is 43.3. The molecule has 3 aromatic carbocycles. The van der Waals surface area contributed by atoms with Gasteiger partial charge in [-0.15, -0.1) is 0 Å². The summed E-state index contributed by atoms with van der Waals surface area (Å²) in [7, 11) is -0.297. The highest BCUT2D eigenvalue weighted by atomic mass is 127. The molecule has 1 N–H and O–H groups in total. The number of carbonyl (C=O) groups excluding carboxylic acids is 1. The molecule has 5 aliphatic rings. The SMILES string of the molecule is COC(=O)[C@]12CC[C@@H](C(C)C)C1C1CCC3[C@@]4(C)C[C@H](CCC[P+](c5ccccc5)(c5ccccc5)c5ccccc5)[C@H](O)C(C)(C)C4CC[C@@]3(C)[C@]1(C)CC2.[I-]. The zero-order valence-electron chi connectivity index (χ0n) is 36.4. The van der Waals surface area contributed by atoms with Gasteiger partial charge in [0, 0.05) is 0 Å². The van der Waals surface area contributed by atoms with Crippen LogP contribution in [0.2, 0.25) is 0 Å². The minimum atomic E-state index is -1.93. The van der Waals surface area contributed by atoms with Crippen molar-refractivity contribution in [2.45, 2.75) is 125 Å². The van der Waals surface area contributed by atoms with Gasteiger partial charge in [-0.1, -0.05) is 103 Å². The number of rotatable bonds is 9. The third-order valence-corrected chi connectivity index (χ3v) is 23.2. The molecule has 5 fully saturated rings. The summed E-state index contributed by atoms with van der Waals surface area (Å²) in [6, 6.07) is 34.0. The van der Waals surface area contributed by atoms with Gasteiger partial charge in [0.05, 0.1) is 24.8 Å². The lowest BCUT2D eigenvalue weighted by Crippen LogP contribution is -3.00. The molecule has 57 heavy (non-hydrogen) atoms. The average molecular weight is 903 g/mol. The first-order valence-electron chi connectivity index (χ1n) is 22.5. The number of ether oxygens (including phenoxy) is 1. The van der Waals surface area contributed by atoms with Gasteiger partial charge in [-0.25, -0.2) is 0 Å². The number of benzene rings is 3. The van der Waals surface area contributed by atoms with E-state index in [-0.39, 0.29) is 69.0 Å². The van der Waals surface area contributed by atoms with Crippen molar-refractivity contribution in [2.24, 2.45) is 68.5 Å². The van der Waals surface area contributed by atoms with Crippen LogP contribution in [0.15, 0.2) is 91.0 Å². The summed E-state index contributed by atoms with van der Waals surface area (Å²) in [6.07, 6.45) is 13.3. The van der Waals surface area contributed by atoms with Crippen LogP contribution < -0.4 is 39.9 Å². The molecule has 4 unspecified atom stereocenters. The van der Waals surface area contributed by atoms with Crippen molar-refractivity contribution in [3.8, 4) is 0 Å². The number of esters is 1. The second-order valence-corrected chi connectivity index (χ2v) is 24.8. The zero-order valence-corrected chi connectivity index (χ0v) is 39.4. The first-order valence-corrected chi connectivity index (χ1v) is 24.5. The van der Waals surface area contributed by atoms with Gasteiger partial charge in [-0.2, -0.15) is 0 Å². The molecule has 0 saturated heterocycles. The van der Waals surface area contributed by atoms with E-state index < -0.39 is 7.26 Å². The fourth-order valence-electron chi connectivity index (χ4n) is 16.0. The van der Waals surface area contributed by atoms with E-state index in [4.69, 9.17) is 4.74 Å².